The number of rotatable bonds is 4. The molecule has 3 rings (SSSR count). The van der Waals surface area contributed by atoms with Gasteiger partial charge in [0.2, 0.25) is 0 Å². The van der Waals surface area contributed by atoms with Crippen LogP contribution in [-0.4, -0.2) is 11.2 Å². The van der Waals surface area contributed by atoms with Crippen molar-refractivity contribution in [3.63, 3.8) is 0 Å². The van der Waals surface area contributed by atoms with E-state index in [-0.39, 0.29) is 0 Å². The average molecular weight is 363 g/mol. The smallest absolute Gasteiger partial charge is 0.171 e. The monoisotopic (exact) mass is 362 g/mol. The van der Waals surface area contributed by atoms with Crippen LogP contribution < -0.4 is 10.6 Å². The van der Waals surface area contributed by atoms with E-state index in [2.05, 4.69) is 22.8 Å². The fourth-order valence-corrected chi connectivity index (χ4v) is 4.01. The summed E-state index contributed by atoms with van der Waals surface area (Å²) >= 11 is 13.1. The normalized spacial score (nSPS) is 14.7. The lowest BCUT2D eigenvalue weighted by Crippen LogP contribution is -2.36. The van der Waals surface area contributed by atoms with Crippen molar-refractivity contribution < 1.29 is 0 Å². The van der Waals surface area contributed by atoms with Gasteiger partial charge in [0, 0.05) is 20.9 Å². The number of nitrogens with one attached hydrogen (secondary N) is 2. The average Bonchev–Trinajstić information content (AvgIpc) is 3.04. The summed E-state index contributed by atoms with van der Waals surface area (Å²) in [6.07, 6.45) is 5.01. The summed E-state index contributed by atoms with van der Waals surface area (Å²) < 4.78 is 0. The van der Waals surface area contributed by atoms with E-state index < -0.39 is 0 Å². The molecule has 2 N–H and O–H groups in total. The van der Waals surface area contributed by atoms with E-state index in [0.717, 1.165) is 20.5 Å². The van der Waals surface area contributed by atoms with Crippen molar-refractivity contribution >= 4 is 46.4 Å². The summed E-state index contributed by atoms with van der Waals surface area (Å²) in [4.78, 5) is 2.30. The molecule has 120 valence electrons. The third-order valence-electron chi connectivity index (χ3n) is 3.87. The first kappa shape index (κ1) is 16.6. The van der Waals surface area contributed by atoms with E-state index in [1.165, 1.54) is 25.7 Å². The minimum Gasteiger partial charge on any atom is -0.360 e. The largest absolute Gasteiger partial charge is 0.360 e. The lowest BCUT2D eigenvalue weighted by atomic mass is 10.2. The first-order valence-corrected chi connectivity index (χ1v) is 9.41. The van der Waals surface area contributed by atoms with E-state index in [1.54, 1.807) is 11.8 Å². The van der Waals surface area contributed by atoms with Gasteiger partial charge in [-0.2, -0.15) is 0 Å². The molecular formula is C18H19ClN2S2. The zero-order valence-electron chi connectivity index (χ0n) is 12.7. The molecule has 0 amide bonds. The highest BCUT2D eigenvalue weighted by molar-refractivity contribution is 7.99. The SMILES string of the molecule is S=C(Nc1ccccc1Sc1ccc(Cl)cc1)NC1CCCC1. The number of halogens is 1. The summed E-state index contributed by atoms with van der Waals surface area (Å²) in [5, 5.41) is 8.22. The Kier molecular flexibility index (Phi) is 5.81. The van der Waals surface area contributed by atoms with Gasteiger partial charge in [0.15, 0.2) is 5.11 Å². The van der Waals surface area contributed by atoms with Gasteiger partial charge in [0.1, 0.15) is 0 Å². The molecule has 0 aliphatic heterocycles. The Balaban J connectivity index is 1.67. The molecular weight excluding hydrogens is 344 g/mol. The minimum atomic E-state index is 0.520. The van der Waals surface area contributed by atoms with Crippen LogP contribution in [0.5, 0.6) is 0 Å². The standard InChI is InChI=1S/C18H19ClN2S2/c19-13-9-11-15(12-10-13)23-17-8-4-3-7-16(17)21-18(22)20-14-5-1-2-6-14/h3-4,7-12,14H,1-2,5-6H2,(H2,20,21,22). The molecule has 2 aromatic carbocycles. The predicted octanol–water partition coefficient (Wildman–Crippen LogP) is 5.72. The lowest BCUT2D eigenvalue weighted by molar-refractivity contribution is 0.634. The molecule has 0 bridgehead atoms. The molecule has 23 heavy (non-hydrogen) atoms. The van der Waals surface area contributed by atoms with Crippen molar-refractivity contribution in [2.45, 2.75) is 41.5 Å². The molecule has 0 heterocycles. The van der Waals surface area contributed by atoms with E-state index >= 15 is 0 Å². The van der Waals surface area contributed by atoms with Gasteiger partial charge in [-0.15, -0.1) is 0 Å². The molecule has 0 spiro atoms. The zero-order chi connectivity index (χ0) is 16.1. The fourth-order valence-electron chi connectivity index (χ4n) is 2.70. The Bertz CT molecular complexity index is 667. The van der Waals surface area contributed by atoms with Crippen molar-refractivity contribution in [3.05, 3.63) is 53.6 Å². The summed E-state index contributed by atoms with van der Waals surface area (Å²) in [6.45, 7) is 0. The molecule has 0 unspecified atom stereocenters. The van der Waals surface area contributed by atoms with Crippen LogP contribution in [0, 0.1) is 0 Å². The lowest BCUT2D eigenvalue weighted by Gasteiger charge is -2.17. The maximum Gasteiger partial charge on any atom is 0.171 e. The van der Waals surface area contributed by atoms with Crippen molar-refractivity contribution in [2.24, 2.45) is 0 Å². The first-order valence-electron chi connectivity index (χ1n) is 7.81. The number of para-hydroxylation sites is 1. The Morgan fingerprint density at radius 1 is 1.04 bits per heavy atom. The van der Waals surface area contributed by atoms with Gasteiger partial charge in [-0.3, -0.25) is 0 Å². The van der Waals surface area contributed by atoms with Crippen LogP contribution in [0.15, 0.2) is 58.3 Å². The first-order chi connectivity index (χ1) is 11.2. The highest BCUT2D eigenvalue weighted by Gasteiger charge is 2.16. The predicted molar refractivity (Wildman–Crippen MR) is 104 cm³/mol. The van der Waals surface area contributed by atoms with Gasteiger partial charge >= 0.3 is 0 Å². The second-order valence-corrected chi connectivity index (χ2v) is 7.59. The Hall–Kier alpha value is -1.23. The molecule has 0 radical (unpaired) electrons. The van der Waals surface area contributed by atoms with Gasteiger partial charge in [0.25, 0.3) is 0 Å². The third-order valence-corrected chi connectivity index (χ3v) is 5.42. The summed E-state index contributed by atoms with van der Waals surface area (Å²) in [7, 11) is 0. The topological polar surface area (TPSA) is 24.1 Å². The van der Waals surface area contributed by atoms with Gasteiger partial charge < -0.3 is 10.6 Å². The number of benzene rings is 2. The van der Waals surface area contributed by atoms with Crippen LogP contribution in [0.3, 0.4) is 0 Å². The number of hydrogen-bond donors (Lipinski definition) is 2. The summed E-state index contributed by atoms with van der Waals surface area (Å²) in [5.41, 5.74) is 1.03. The van der Waals surface area contributed by atoms with Crippen molar-refractivity contribution in [2.75, 3.05) is 5.32 Å². The molecule has 0 aromatic heterocycles. The van der Waals surface area contributed by atoms with Crippen LogP contribution >= 0.6 is 35.6 Å². The number of thiocarbonyl (C=S) groups is 1. The zero-order valence-corrected chi connectivity index (χ0v) is 15.1. The van der Waals surface area contributed by atoms with E-state index in [4.69, 9.17) is 23.8 Å². The molecule has 5 heteroatoms. The van der Waals surface area contributed by atoms with Gasteiger partial charge in [-0.05, 0) is 61.5 Å². The van der Waals surface area contributed by atoms with Gasteiger partial charge in [0.05, 0.1) is 5.69 Å². The molecule has 0 saturated heterocycles. The van der Waals surface area contributed by atoms with Crippen LogP contribution in [0.1, 0.15) is 25.7 Å². The van der Waals surface area contributed by atoms with Crippen molar-refractivity contribution in [1.29, 1.82) is 0 Å². The van der Waals surface area contributed by atoms with Crippen molar-refractivity contribution in [3.8, 4) is 0 Å². The highest BCUT2D eigenvalue weighted by Crippen LogP contribution is 2.33. The van der Waals surface area contributed by atoms with Crippen LogP contribution in [0.4, 0.5) is 5.69 Å². The second-order valence-electron chi connectivity index (χ2n) is 5.63. The summed E-state index contributed by atoms with van der Waals surface area (Å²) in [6, 6.07) is 16.6. The molecule has 1 aliphatic carbocycles. The fraction of sp³-hybridized carbons (Fsp3) is 0.278. The highest BCUT2D eigenvalue weighted by atomic mass is 35.5. The molecule has 1 saturated carbocycles. The van der Waals surface area contributed by atoms with Gasteiger partial charge in [-0.1, -0.05) is 48.3 Å². The number of anilines is 1. The van der Waals surface area contributed by atoms with E-state index in [0.29, 0.717) is 11.2 Å². The van der Waals surface area contributed by atoms with E-state index in [1.807, 2.05) is 36.4 Å². The maximum absolute atomic E-state index is 5.95. The molecule has 1 aliphatic rings. The summed E-state index contributed by atoms with van der Waals surface area (Å²) in [5.74, 6) is 0. The third kappa shape index (κ3) is 4.87. The quantitative estimate of drug-likeness (QED) is 0.679. The van der Waals surface area contributed by atoms with Gasteiger partial charge in [-0.25, -0.2) is 0 Å². The van der Waals surface area contributed by atoms with Crippen LogP contribution in [0.2, 0.25) is 5.02 Å². The van der Waals surface area contributed by atoms with Crippen LogP contribution in [-0.2, 0) is 0 Å². The number of hydrogen-bond acceptors (Lipinski definition) is 2. The Morgan fingerprint density at radius 3 is 2.48 bits per heavy atom. The minimum absolute atomic E-state index is 0.520. The van der Waals surface area contributed by atoms with E-state index in [9.17, 15) is 0 Å². The van der Waals surface area contributed by atoms with Crippen molar-refractivity contribution in [1.82, 2.24) is 5.32 Å². The molecule has 1 fully saturated rings. The Labute approximate surface area is 152 Å². The second kappa shape index (κ2) is 8.04. The molecule has 0 atom stereocenters. The molecule has 2 nitrogen and oxygen atoms in total. The van der Waals surface area contributed by atoms with Crippen LogP contribution in [0.25, 0.3) is 0 Å². The molecule has 2 aromatic rings. The Morgan fingerprint density at radius 2 is 1.74 bits per heavy atom. The maximum atomic E-state index is 5.95.